The van der Waals surface area contributed by atoms with Gasteiger partial charge in [0.25, 0.3) is 0 Å². The summed E-state index contributed by atoms with van der Waals surface area (Å²) in [6.07, 6.45) is 0. The average Bonchev–Trinajstić information content (AvgIpc) is 2.09. The van der Waals surface area contributed by atoms with E-state index < -0.39 is 10.9 Å². The Morgan fingerprint density at radius 1 is 0.625 bits per heavy atom. The second-order valence-electron chi connectivity index (χ2n) is 3.97. The molecule has 0 aliphatic carbocycles. The Labute approximate surface area is 99.7 Å². The van der Waals surface area contributed by atoms with Crippen LogP contribution in [0.1, 0.15) is 35.2 Å². The maximum absolute atomic E-state index is 9.38. The molecule has 1 aromatic rings. The second kappa shape index (κ2) is 4.75. The monoisotopic (exact) mass is 246 g/mol. The molecular weight excluding hydrogens is 224 g/mol. The van der Waals surface area contributed by atoms with E-state index in [1.165, 1.54) is 0 Å². The first-order valence-electron chi connectivity index (χ1n) is 4.75. The van der Waals surface area contributed by atoms with Gasteiger partial charge in [-0.25, -0.2) is 0 Å². The summed E-state index contributed by atoms with van der Waals surface area (Å²) in [6, 6.07) is 0. The standard InChI is InChI=1S/C11H18O3S.CH4/c1-6-7(2)9(4)11(15(12,13)14)10(5)8(6)3;/h12-14H,1-5H3;1H4. The first kappa shape index (κ1) is 15.4. The van der Waals surface area contributed by atoms with E-state index in [1.54, 1.807) is 13.8 Å². The van der Waals surface area contributed by atoms with E-state index in [1.807, 2.05) is 20.8 Å². The maximum Gasteiger partial charge on any atom is 0.113 e. The van der Waals surface area contributed by atoms with Crippen LogP contribution < -0.4 is 0 Å². The fourth-order valence-corrected chi connectivity index (χ4v) is 3.00. The van der Waals surface area contributed by atoms with Gasteiger partial charge in [-0.1, -0.05) is 7.43 Å². The summed E-state index contributed by atoms with van der Waals surface area (Å²) < 4.78 is 28.2. The lowest BCUT2D eigenvalue weighted by molar-refractivity contribution is 0.374. The molecule has 4 heteroatoms. The van der Waals surface area contributed by atoms with E-state index in [9.17, 15) is 13.7 Å². The van der Waals surface area contributed by atoms with E-state index in [-0.39, 0.29) is 12.3 Å². The smallest absolute Gasteiger partial charge is 0.113 e. The van der Waals surface area contributed by atoms with Crippen LogP contribution in [-0.2, 0) is 0 Å². The van der Waals surface area contributed by atoms with Crippen molar-refractivity contribution in [3.63, 3.8) is 0 Å². The summed E-state index contributed by atoms with van der Waals surface area (Å²) in [6.45, 7) is 9.44. The molecule has 0 saturated heterocycles. The zero-order valence-electron chi connectivity index (χ0n) is 9.75. The molecule has 0 saturated carbocycles. The molecule has 1 rings (SSSR count). The van der Waals surface area contributed by atoms with Crippen molar-refractivity contribution in [1.82, 2.24) is 0 Å². The van der Waals surface area contributed by atoms with Crippen molar-refractivity contribution in [2.24, 2.45) is 0 Å². The maximum atomic E-state index is 9.38. The molecule has 16 heavy (non-hydrogen) atoms. The van der Waals surface area contributed by atoms with Gasteiger partial charge in [0.1, 0.15) is 10.9 Å². The Kier molecular flexibility index (Phi) is 4.59. The molecule has 94 valence electrons. The highest BCUT2D eigenvalue weighted by atomic mass is 32.3. The van der Waals surface area contributed by atoms with Gasteiger partial charge < -0.3 is 13.7 Å². The van der Waals surface area contributed by atoms with Crippen LogP contribution in [0.5, 0.6) is 0 Å². The predicted octanol–water partition coefficient (Wildman–Crippen LogP) is 4.45. The Balaban J connectivity index is 0.00000225. The summed E-state index contributed by atoms with van der Waals surface area (Å²) in [7, 11) is -3.63. The van der Waals surface area contributed by atoms with Crippen molar-refractivity contribution in [3.8, 4) is 0 Å². The van der Waals surface area contributed by atoms with Gasteiger partial charge in [0.2, 0.25) is 0 Å². The van der Waals surface area contributed by atoms with Crippen molar-refractivity contribution in [2.75, 3.05) is 0 Å². The largest absolute Gasteiger partial charge is 0.304 e. The zero-order valence-corrected chi connectivity index (χ0v) is 10.6. The van der Waals surface area contributed by atoms with Gasteiger partial charge in [0.05, 0.1) is 4.90 Å². The minimum atomic E-state index is -3.63. The molecule has 3 nitrogen and oxygen atoms in total. The highest BCUT2D eigenvalue weighted by Gasteiger charge is 2.24. The normalized spacial score (nSPS) is 12.2. The fraction of sp³-hybridized carbons (Fsp3) is 0.500. The van der Waals surface area contributed by atoms with E-state index in [4.69, 9.17) is 0 Å². The minimum absolute atomic E-state index is 0. The first-order chi connectivity index (χ1) is 6.68. The topological polar surface area (TPSA) is 60.7 Å². The van der Waals surface area contributed by atoms with Crippen LogP contribution in [0.3, 0.4) is 0 Å². The summed E-state index contributed by atoms with van der Waals surface area (Å²) in [5.74, 6) is 0. The lowest BCUT2D eigenvalue weighted by Gasteiger charge is -2.27. The molecule has 0 aliphatic rings. The van der Waals surface area contributed by atoms with Crippen molar-refractivity contribution in [2.45, 2.75) is 46.9 Å². The quantitative estimate of drug-likeness (QED) is 0.686. The van der Waals surface area contributed by atoms with Crippen LogP contribution in [0.4, 0.5) is 0 Å². The summed E-state index contributed by atoms with van der Waals surface area (Å²) in [5.41, 5.74) is 4.66. The third-order valence-electron chi connectivity index (χ3n) is 3.21. The molecular formula is C12H22O3S. The summed E-state index contributed by atoms with van der Waals surface area (Å²) in [5, 5.41) is 0. The van der Waals surface area contributed by atoms with Gasteiger partial charge in [0, 0.05) is 0 Å². The molecule has 0 heterocycles. The van der Waals surface area contributed by atoms with Gasteiger partial charge in [-0.15, -0.1) is 0 Å². The number of rotatable bonds is 1. The second-order valence-corrected chi connectivity index (χ2v) is 5.42. The molecule has 1 aromatic carbocycles. The highest BCUT2D eigenvalue weighted by molar-refractivity contribution is 8.19. The van der Waals surface area contributed by atoms with Crippen molar-refractivity contribution in [1.29, 1.82) is 0 Å². The van der Waals surface area contributed by atoms with Crippen molar-refractivity contribution in [3.05, 3.63) is 27.8 Å². The van der Waals surface area contributed by atoms with Crippen molar-refractivity contribution >= 4 is 10.9 Å². The van der Waals surface area contributed by atoms with Crippen LogP contribution in [0.2, 0.25) is 0 Å². The molecule has 0 unspecified atom stereocenters. The Morgan fingerprint density at radius 2 is 0.875 bits per heavy atom. The Hall–Kier alpha value is -0.550. The van der Waals surface area contributed by atoms with Gasteiger partial charge >= 0.3 is 0 Å². The summed E-state index contributed by atoms with van der Waals surface area (Å²) >= 11 is 0. The Bertz CT molecular complexity index is 377. The van der Waals surface area contributed by atoms with Crippen molar-refractivity contribution < 1.29 is 13.7 Å². The molecule has 0 spiro atoms. The zero-order chi connectivity index (χ0) is 12.0. The molecule has 0 aliphatic heterocycles. The molecule has 0 aromatic heterocycles. The van der Waals surface area contributed by atoms with E-state index in [0.29, 0.717) is 0 Å². The number of hydrogen-bond acceptors (Lipinski definition) is 3. The highest BCUT2D eigenvalue weighted by Crippen LogP contribution is 2.49. The SMILES string of the molecule is C.Cc1c(C)c(C)c(S(O)(O)O)c(C)c1C. The lowest BCUT2D eigenvalue weighted by atomic mass is 9.95. The lowest BCUT2D eigenvalue weighted by Crippen LogP contribution is -2.06. The van der Waals surface area contributed by atoms with E-state index in [0.717, 1.165) is 27.8 Å². The van der Waals surface area contributed by atoms with Gasteiger partial charge in [-0.05, 0) is 62.4 Å². The first-order valence-corrected chi connectivity index (χ1v) is 6.26. The van der Waals surface area contributed by atoms with Crippen LogP contribution >= 0.6 is 10.9 Å². The molecule has 3 N–H and O–H groups in total. The molecule has 0 amide bonds. The molecule has 0 bridgehead atoms. The molecule has 0 radical (unpaired) electrons. The van der Waals surface area contributed by atoms with Crippen LogP contribution in [0.25, 0.3) is 0 Å². The minimum Gasteiger partial charge on any atom is -0.304 e. The predicted molar refractivity (Wildman–Crippen MR) is 70.6 cm³/mol. The van der Waals surface area contributed by atoms with Gasteiger partial charge in [-0.2, -0.15) is 0 Å². The van der Waals surface area contributed by atoms with Crippen LogP contribution in [-0.4, -0.2) is 13.7 Å². The number of benzene rings is 1. The van der Waals surface area contributed by atoms with Crippen LogP contribution in [0, 0.1) is 34.6 Å². The van der Waals surface area contributed by atoms with Gasteiger partial charge in [0.15, 0.2) is 0 Å². The van der Waals surface area contributed by atoms with Gasteiger partial charge in [-0.3, -0.25) is 0 Å². The fourth-order valence-electron chi connectivity index (χ4n) is 1.88. The Morgan fingerprint density at radius 3 is 1.12 bits per heavy atom. The number of hydrogen-bond donors (Lipinski definition) is 3. The van der Waals surface area contributed by atoms with Crippen LogP contribution in [0.15, 0.2) is 4.90 Å². The molecule has 0 atom stereocenters. The van der Waals surface area contributed by atoms with E-state index >= 15 is 0 Å². The third-order valence-corrected chi connectivity index (χ3v) is 4.37. The third kappa shape index (κ3) is 2.40. The molecule has 0 fully saturated rings. The van der Waals surface area contributed by atoms with E-state index in [2.05, 4.69) is 0 Å². The summed E-state index contributed by atoms with van der Waals surface area (Å²) in [4.78, 5) is 0.281. The average molecular weight is 246 g/mol.